The Balaban J connectivity index is 3.63. The smallest absolute Gasteiger partial charge is 0.0646 e. The molecule has 1 unspecified atom stereocenters. The van der Waals surface area contributed by atoms with E-state index in [0.29, 0.717) is 0 Å². The monoisotopic (exact) mass is 202 g/mol. The van der Waals surface area contributed by atoms with Crippen LogP contribution >= 0.6 is 0 Å². The summed E-state index contributed by atoms with van der Waals surface area (Å²) < 4.78 is 0. The van der Waals surface area contributed by atoms with E-state index in [1.807, 2.05) is 6.92 Å². The first-order valence-electron chi connectivity index (χ1n) is 6.01. The summed E-state index contributed by atoms with van der Waals surface area (Å²) in [6.45, 7) is 4.41. The molecule has 2 heteroatoms. The highest BCUT2D eigenvalue weighted by Crippen LogP contribution is 2.24. The van der Waals surface area contributed by atoms with Crippen molar-refractivity contribution in [3.63, 3.8) is 0 Å². The van der Waals surface area contributed by atoms with E-state index in [-0.39, 0.29) is 6.61 Å². The van der Waals surface area contributed by atoms with Crippen LogP contribution in [-0.4, -0.2) is 22.4 Å². The zero-order valence-corrected chi connectivity index (χ0v) is 9.76. The van der Waals surface area contributed by atoms with Gasteiger partial charge in [0, 0.05) is 6.61 Å². The van der Waals surface area contributed by atoms with Crippen molar-refractivity contribution in [1.82, 2.24) is 0 Å². The Bertz CT molecular complexity index is 125. The van der Waals surface area contributed by atoms with Gasteiger partial charge in [-0.25, -0.2) is 0 Å². The maximum absolute atomic E-state index is 10.1. The molecule has 0 fully saturated rings. The first kappa shape index (κ1) is 13.9. The highest BCUT2D eigenvalue weighted by molar-refractivity contribution is 4.76. The molecule has 14 heavy (non-hydrogen) atoms. The van der Waals surface area contributed by atoms with Gasteiger partial charge in [-0.05, 0) is 25.7 Å². The van der Waals surface area contributed by atoms with Gasteiger partial charge >= 0.3 is 0 Å². The van der Waals surface area contributed by atoms with Crippen molar-refractivity contribution in [3.05, 3.63) is 0 Å². The number of hydrogen-bond donors (Lipinski definition) is 2. The van der Waals surface area contributed by atoms with Crippen LogP contribution in [0, 0.1) is 0 Å². The molecular formula is C12H26O2. The van der Waals surface area contributed by atoms with Crippen LogP contribution in [0.3, 0.4) is 0 Å². The highest BCUT2D eigenvalue weighted by Gasteiger charge is 2.22. The third-order valence-corrected chi connectivity index (χ3v) is 2.95. The molecule has 0 bridgehead atoms. The third-order valence-electron chi connectivity index (χ3n) is 2.95. The molecule has 0 aromatic rings. The van der Waals surface area contributed by atoms with Crippen LogP contribution in [0.5, 0.6) is 0 Å². The third kappa shape index (κ3) is 6.39. The molecule has 86 valence electrons. The molecule has 0 amide bonds. The predicted molar refractivity (Wildman–Crippen MR) is 60.3 cm³/mol. The van der Waals surface area contributed by atoms with Gasteiger partial charge in [-0.15, -0.1) is 0 Å². The minimum atomic E-state index is -0.517. The molecule has 2 nitrogen and oxygen atoms in total. The fourth-order valence-corrected chi connectivity index (χ4v) is 1.77. The zero-order chi connectivity index (χ0) is 10.9. The number of aliphatic hydroxyl groups is 2. The summed E-state index contributed by atoms with van der Waals surface area (Å²) >= 11 is 0. The molecular weight excluding hydrogens is 176 g/mol. The van der Waals surface area contributed by atoms with Gasteiger partial charge in [0.1, 0.15) is 0 Å². The van der Waals surface area contributed by atoms with E-state index in [2.05, 4.69) is 6.92 Å². The second kappa shape index (κ2) is 8.25. The molecule has 0 aliphatic heterocycles. The van der Waals surface area contributed by atoms with Gasteiger partial charge in [0.2, 0.25) is 0 Å². The van der Waals surface area contributed by atoms with Gasteiger partial charge in [0.25, 0.3) is 0 Å². The van der Waals surface area contributed by atoms with E-state index in [4.69, 9.17) is 5.11 Å². The van der Waals surface area contributed by atoms with Crippen LogP contribution in [0.25, 0.3) is 0 Å². The fraction of sp³-hybridized carbons (Fsp3) is 1.00. The van der Waals surface area contributed by atoms with Crippen LogP contribution in [0.4, 0.5) is 0 Å². The van der Waals surface area contributed by atoms with Crippen molar-refractivity contribution in [2.24, 2.45) is 0 Å². The highest BCUT2D eigenvalue weighted by atomic mass is 16.3. The first-order chi connectivity index (χ1) is 6.68. The Labute approximate surface area is 88.3 Å². The molecule has 0 radical (unpaired) electrons. The lowest BCUT2D eigenvalue weighted by Gasteiger charge is -2.26. The van der Waals surface area contributed by atoms with Crippen molar-refractivity contribution >= 4 is 0 Å². The zero-order valence-electron chi connectivity index (χ0n) is 9.76. The van der Waals surface area contributed by atoms with Crippen molar-refractivity contribution in [1.29, 1.82) is 0 Å². The molecule has 0 spiro atoms. The average Bonchev–Trinajstić information content (AvgIpc) is 2.22. The Morgan fingerprint density at radius 3 is 2.07 bits per heavy atom. The number of unbranched alkanes of at least 4 members (excludes halogenated alkanes) is 3. The minimum absolute atomic E-state index is 0.192. The Hall–Kier alpha value is -0.0800. The molecule has 1 atom stereocenters. The summed E-state index contributed by atoms with van der Waals surface area (Å²) in [4.78, 5) is 0. The molecule has 0 saturated carbocycles. The van der Waals surface area contributed by atoms with Gasteiger partial charge in [0.15, 0.2) is 0 Å². The molecule has 2 N–H and O–H groups in total. The predicted octanol–water partition coefficient (Wildman–Crippen LogP) is 2.87. The van der Waals surface area contributed by atoms with E-state index in [9.17, 15) is 5.11 Å². The maximum atomic E-state index is 10.1. The van der Waals surface area contributed by atoms with E-state index in [0.717, 1.165) is 32.1 Å². The number of hydrogen-bond acceptors (Lipinski definition) is 2. The van der Waals surface area contributed by atoms with Gasteiger partial charge in [-0.2, -0.15) is 0 Å². The quantitative estimate of drug-likeness (QED) is 0.564. The Morgan fingerprint density at radius 2 is 1.57 bits per heavy atom. The van der Waals surface area contributed by atoms with Crippen molar-refractivity contribution in [2.45, 2.75) is 70.8 Å². The second-order valence-corrected chi connectivity index (χ2v) is 4.22. The molecule has 0 aliphatic carbocycles. The number of rotatable bonds is 9. The number of aliphatic hydroxyl groups excluding tert-OH is 1. The Kier molecular flexibility index (Phi) is 8.20. The first-order valence-corrected chi connectivity index (χ1v) is 6.01. The van der Waals surface area contributed by atoms with Crippen molar-refractivity contribution in [2.75, 3.05) is 6.61 Å². The van der Waals surface area contributed by atoms with Crippen LogP contribution in [0.2, 0.25) is 0 Å². The maximum Gasteiger partial charge on any atom is 0.0646 e. The van der Waals surface area contributed by atoms with E-state index >= 15 is 0 Å². The van der Waals surface area contributed by atoms with E-state index in [1.54, 1.807) is 0 Å². The summed E-state index contributed by atoms with van der Waals surface area (Å²) in [7, 11) is 0. The normalized spacial score (nSPS) is 15.4. The minimum Gasteiger partial charge on any atom is -0.396 e. The summed E-state index contributed by atoms with van der Waals surface area (Å²) in [6, 6.07) is 0. The van der Waals surface area contributed by atoms with Gasteiger partial charge in [-0.3, -0.25) is 0 Å². The lowest BCUT2D eigenvalue weighted by molar-refractivity contribution is 0.0107. The average molecular weight is 202 g/mol. The van der Waals surface area contributed by atoms with Crippen LogP contribution in [0.1, 0.15) is 65.2 Å². The van der Waals surface area contributed by atoms with Crippen LogP contribution < -0.4 is 0 Å². The lowest BCUT2D eigenvalue weighted by Crippen LogP contribution is -2.27. The van der Waals surface area contributed by atoms with Crippen LogP contribution in [0.15, 0.2) is 0 Å². The fourth-order valence-electron chi connectivity index (χ4n) is 1.77. The van der Waals surface area contributed by atoms with Gasteiger partial charge < -0.3 is 10.2 Å². The summed E-state index contributed by atoms with van der Waals surface area (Å²) in [5, 5.41) is 18.9. The molecule has 0 saturated heterocycles. The molecule has 0 aromatic carbocycles. The standard InChI is InChI=1S/C12H26O2/c1-3-5-6-7-9-12(14,4-2)10-8-11-13/h13-14H,3-11H2,1-2H3. The van der Waals surface area contributed by atoms with E-state index < -0.39 is 5.60 Å². The molecule has 0 aromatic heterocycles. The SMILES string of the molecule is CCCCCCC(O)(CC)CCCO. The van der Waals surface area contributed by atoms with E-state index in [1.165, 1.54) is 19.3 Å². The second-order valence-electron chi connectivity index (χ2n) is 4.22. The van der Waals surface area contributed by atoms with Gasteiger partial charge in [0.05, 0.1) is 5.60 Å². The topological polar surface area (TPSA) is 40.5 Å². The largest absolute Gasteiger partial charge is 0.396 e. The molecule has 0 rings (SSSR count). The summed E-state index contributed by atoms with van der Waals surface area (Å²) in [6.07, 6.45) is 8.00. The van der Waals surface area contributed by atoms with Crippen LogP contribution in [-0.2, 0) is 0 Å². The summed E-state index contributed by atoms with van der Waals surface area (Å²) in [5.74, 6) is 0. The van der Waals surface area contributed by atoms with Gasteiger partial charge in [-0.1, -0.05) is 39.5 Å². The lowest BCUT2D eigenvalue weighted by atomic mass is 9.89. The summed E-state index contributed by atoms with van der Waals surface area (Å²) in [5.41, 5.74) is -0.517. The van der Waals surface area contributed by atoms with Crippen molar-refractivity contribution in [3.8, 4) is 0 Å². The Morgan fingerprint density at radius 1 is 0.929 bits per heavy atom. The molecule has 0 heterocycles. The molecule has 0 aliphatic rings. The van der Waals surface area contributed by atoms with Crippen molar-refractivity contribution < 1.29 is 10.2 Å².